The number of hydrogen-bond donors (Lipinski definition) is 1. The standard InChI is InChI=1S/C26H35Cl2N3O5/c1-26(2)13-18(8-11-36-26)24(33)30-9-6-16(7-10-30)23(32)31-14-19(22(15-31)29(3)25(34)35)17-4-5-20(27)21(28)12-17/h4-5,12,16,18-19,22H,6-11,13-15H2,1-3H3,(H,34,35)/t18?,19-,22+/m0/s1. The average Bonchev–Trinajstić information content (AvgIpc) is 3.29. The van der Waals surface area contributed by atoms with Crippen molar-refractivity contribution in [3.05, 3.63) is 33.8 Å². The molecule has 3 atom stereocenters. The molecule has 36 heavy (non-hydrogen) atoms. The molecule has 3 fully saturated rings. The number of amides is 3. The van der Waals surface area contributed by atoms with Crippen LogP contribution in [0.1, 0.15) is 51.0 Å². The topological polar surface area (TPSA) is 90.4 Å². The van der Waals surface area contributed by atoms with Gasteiger partial charge >= 0.3 is 6.09 Å². The van der Waals surface area contributed by atoms with Gasteiger partial charge < -0.3 is 24.5 Å². The van der Waals surface area contributed by atoms with Gasteiger partial charge in [-0.25, -0.2) is 4.79 Å². The number of likely N-dealkylation sites (N-methyl/N-ethyl adjacent to an activating group) is 1. The van der Waals surface area contributed by atoms with Gasteiger partial charge in [0.05, 0.1) is 21.7 Å². The van der Waals surface area contributed by atoms with E-state index in [-0.39, 0.29) is 41.2 Å². The maximum absolute atomic E-state index is 13.5. The molecule has 8 nitrogen and oxygen atoms in total. The lowest BCUT2D eigenvalue weighted by molar-refractivity contribution is -0.148. The molecular formula is C26H35Cl2N3O5. The highest BCUT2D eigenvalue weighted by molar-refractivity contribution is 6.42. The molecular weight excluding hydrogens is 505 g/mol. The lowest BCUT2D eigenvalue weighted by Crippen LogP contribution is -2.48. The van der Waals surface area contributed by atoms with Gasteiger partial charge in [-0.15, -0.1) is 0 Å². The van der Waals surface area contributed by atoms with Gasteiger partial charge in [0.1, 0.15) is 0 Å². The van der Waals surface area contributed by atoms with Crippen molar-refractivity contribution in [1.29, 1.82) is 0 Å². The van der Waals surface area contributed by atoms with E-state index in [1.54, 1.807) is 17.0 Å². The maximum atomic E-state index is 13.5. The molecule has 198 valence electrons. The second-order valence-electron chi connectivity index (χ2n) is 10.9. The van der Waals surface area contributed by atoms with E-state index < -0.39 is 6.09 Å². The van der Waals surface area contributed by atoms with E-state index in [0.29, 0.717) is 62.1 Å². The minimum absolute atomic E-state index is 0.0284. The second-order valence-corrected chi connectivity index (χ2v) is 11.7. The number of benzene rings is 1. The van der Waals surface area contributed by atoms with Gasteiger partial charge in [-0.1, -0.05) is 29.3 Å². The predicted molar refractivity (Wildman–Crippen MR) is 137 cm³/mol. The highest BCUT2D eigenvalue weighted by atomic mass is 35.5. The summed E-state index contributed by atoms with van der Waals surface area (Å²) < 4.78 is 5.76. The van der Waals surface area contributed by atoms with Crippen LogP contribution >= 0.6 is 23.2 Å². The third-order valence-corrected chi connectivity index (χ3v) is 8.71. The molecule has 3 amide bonds. The number of ether oxygens (including phenoxy) is 1. The summed E-state index contributed by atoms with van der Waals surface area (Å²) in [6.07, 6.45) is 1.65. The third kappa shape index (κ3) is 5.76. The van der Waals surface area contributed by atoms with E-state index in [1.807, 2.05) is 24.8 Å². The fourth-order valence-electron chi connectivity index (χ4n) is 5.88. The summed E-state index contributed by atoms with van der Waals surface area (Å²) in [5.74, 6) is -0.215. The average molecular weight is 540 g/mol. The number of nitrogens with zero attached hydrogens (tertiary/aromatic N) is 3. The smallest absolute Gasteiger partial charge is 0.407 e. The highest BCUT2D eigenvalue weighted by Gasteiger charge is 2.43. The Morgan fingerprint density at radius 1 is 1.00 bits per heavy atom. The molecule has 3 aliphatic heterocycles. The fraction of sp³-hybridized carbons (Fsp3) is 0.654. The molecule has 10 heteroatoms. The zero-order valence-corrected chi connectivity index (χ0v) is 22.6. The zero-order valence-electron chi connectivity index (χ0n) is 21.1. The van der Waals surface area contributed by atoms with Crippen LogP contribution in [0.15, 0.2) is 18.2 Å². The minimum Gasteiger partial charge on any atom is -0.465 e. The van der Waals surface area contributed by atoms with Crippen LogP contribution in [-0.4, -0.2) is 89.2 Å². The Morgan fingerprint density at radius 2 is 1.67 bits per heavy atom. The first-order chi connectivity index (χ1) is 17.0. The van der Waals surface area contributed by atoms with Gasteiger partial charge in [0.15, 0.2) is 0 Å². The summed E-state index contributed by atoms with van der Waals surface area (Å²) in [6.45, 7) is 6.50. The molecule has 1 unspecified atom stereocenters. The van der Waals surface area contributed by atoms with Gasteiger partial charge in [0, 0.05) is 57.6 Å². The summed E-state index contributed by atoms with van der Waals surface area (Å²) in [5, 5.41) is 10.5. The summed E-state index contributed by atoms with van der Waals surface area (Å²) in [6, 6.07) is 4.92. The van der Waals surface area contributed by atoms with Gasteiger partial charge in [0.25, 0.3) is 0 Å². The Hall–Kier alpha value is -2.03. The molecule has 0 radical (unpaired) electrons. The molecule has 0 spiro atoms. The first-order valence-corrected chi connectivity index (χ1v) is 13.3. The van der Waals surface area contributed by atoms with Crippen molar-refractivity contribution in [1.82, 2.24) is 14.7 Å². The first-order valence-electron chi connectivity index (χ1n) is 12.6. The van der Waals surface area contributed by atoms with Gasteiger partial charge in [-0.2, -0.15) is 0 Å². The molecule has 0 aliphatic carbocycles. The van der Waals surface area contributed by atoms with Crippen LogP contribution in [0.5, 0.6) is 0 Å². The van der Waals surface area contributed by atoms with Gasteiger partial charge in [0.2, 0.25) is 11.8 Å². The maximum Gasteiger partial charge on any atom is 0.407 e. The van der Waals surface area contributed by atoms with E-state index in [1.165, 1.54) is 11.9 Å². The van der Waals surface area contributed by atoms with Crippen molar-refractivity contribution in [3.63, 3.8) is 0 Å². The molecule has 0 aromatic heterocycles. The summed E-state index contributed by atoms with van der Waals surface area (Å²) in [5.41, 5.74) is 0.574. The molecule has 3 aliphatic rings. The van der Waals surface area contributed by atoms with Crippen molar-refractivity contribution >= 4 is 41.1 Å². The Bertz CT molecular complexity index is 1010. The van der Waals surface area contributed by atoms with E-state index in [2.05, 4.69) is 0 Å². The first kappa shape index (κ1) is 27.0. The van der Waals surface area contributed by atoms with E-state index in [9.17, 15) is 19.5 Å². The molecule has 4 rings (SSSR count). The summed E-state index contributed by atoms with van der Waals surface area (Å²) in [4.78, 5) is 43.3. The monoisotopic (exact) mass is 539 g/mol. The molecule has 1 N–H and O–H groups in total. The number of carboxylic acid groups (broad SMARTS) is 1. The Labute approximate surface area is 222 Å². The minimum atomic E-state index is -1.04. The Balaban J connectivity index is 1.40. The molecule has 3 heterocycles. The van der Waals surface area contributed by atoms with Crippen LogP contribution in [0.4, 0.5) is 4.79 Å². The SMILES string of the molecule is CN(C(=O)O)[C@@H]1CN(C(=O)C2CCN(C(=O)C3CCOC(C)(C)C3)CC2)C[C@H]1c1ccc(Cl)c(Cl)c1. The number of likely N-dealkylation sites (tertiary alicyclic amines) is 2. The number of carbonyl (C=O) groups is 3. The van der Waals surface area contributed by atoms with Crippen LogP contribution in [-0.2, 0) is 14.3 Å². The molecule has 0 bridgehead atoms. The number of hydrogen-bond acceptors (Lipinski definition) is 4. The van der Waals surface area contributed by atoms with Crippen LogP contribution in [0, 0.1) is 11.8 Å². The zero-order chi connectivity index (χ0) is 26.2. The van der Waals surface area contributed by atoms with Crippen LogP contribution in [0.2, 0.25) is 10.0 Å². The van der Waals surface area contributed by atoms with Gasteiger partial charge in [-0.3, -0.25) is 9.59 Å². The van der Waals surface area contributed by atoms with Crippen molar-refractivity contribution in [2.75, 3.05) is 39.8 Å². The van der Waals surface area contributed by atoms with Crippen molar-refractivity contribution in [3.8, 4) is 0 Å². The number of rotatable bonds is 4. The normalized spacial score (nSPS) is 26.6. The predicted octanol–water partition coefficient (Wildman–Crippen LogP) is 4.34. The number of carbonyl (C=O) groups excluding carboxylic acids is 2. The quantitative estimate of drug-likeness (QED) is 0.614. The van der Waals surface area contributed by atoms with Crippen molar-refractivity contribution in [2.24, 2.45) is 11.8 Å². The highest BCUT2D eigenvalue weighted by Crippen LogP contribution is 2.36. The lowest BCUT2D eigenvalue weighted by atomic mass is 9.86. The van der Waals surface area contributed by atoms with E-state index in [4.69, 9.17) is 27.9 Å². The Morgan fingerprint density at radius 3 is 2.28 bits per heavy atom. The fourth-order valence-corrected chi connectivity index (χ4v) is 6.18. The van der Waals surface area contributed by atoms with Crippen LogP contribution in [0.25, 0.3) is 0 Å². The molecule has 3 saturated heterocycles. The van der Waals surface area contributed by atoms with Crippen LogP contribution in [0.3, 0.4) is 0 Å². The van der Waals surface area contributed by atoms with Crippen LogP contribution < -0.4 is 0 Å². The van der Waals surface area contributed by atoms with E-state index >= 15 is 0 Å². The van der Waals surface area contributed by atoms with Crippen molar-refractivity contribution < 1.29 is 24.2 Å². The second kappa shape index (κ2) is 10.8. The number of halogens is 2. The third-order valence-electron chi connectivity index (χ3n) is 7.97. The Kier molecular flexibility index (Phi) is 8.07. The molecule has 1 aromatic carbocycles. The van der Waals surface area contributed by atoms with E-state index in [0.717, 1.165) is 12.0 Å². The summed E-state index contributed by atoms with van der Waals surface area (Å²) in [7, 11) is 1.53. The largest absolute Gasteiger partial charge is 0.465 e. The molecule has 1 aromatic rings. The lowest BCUT2D eigenvalue weighted by Gasteiger charge is -2.39. The summed E-state index contributed by atoms with van der Waals surface area (Å²) >= 11 is 12.3. The number of piperidine rings is 1. The molecule has 0 saturated carbocycles. The van der Waals surface area contributed by atoms with Gasteiger partial charge in [-0.05, 0) is 57.2 Å². The van der Waals surface area contributed by atoms with Crippen molar-refractivity contribution in [2.45, 2.75) is 57.1 Å².